The van der Waals surface area contributed by atoms with Crippen LogP contribution in [0.25, 0.3) is 6.08 Å². The number of allylic oxidation sites excluding steroid dienone is 1. The van der Waals surface area contributed by atoms with Crippen LogP contribution in [0, 0.1) is 0 Å². The first-order valence-corrected chi connectivity index (χ1v) is 8.71. The molecule has 114 valence electrons. The molecule has 0 amide bonds. The SMILES string of the molecule is CNS(=O)(=O)c1ccc(C(=O)/C=C/c2ccc(Br)cc2)cc1. The third-order valence-corrected chi connectivity index (χ3v) is 4.97. The Morgan fingerprint density at radius 2 is 1.64 bits per heavy atom. The van der Waals surface area contributed by atoms with Gasteiger partial charge in [0.25, 0.3) is 0 Å². The number of ketones is 1. The normalized spacial score (nSPS) is 11.7. The van der Waals surface area contributed by atoms with Gasteiger partial charge in [-0.15, -0.1) is 0 Å². The summed E-state index contributed by atoms with van der Waals surface area (Å²) in [5.74, 6) is -0.184. The fourth-order valence-electron chi connectivity index (χ4n) is 1.76. The fourth-order valence-corrected chi connectivity index (χ4v) is 2.75. The van der Waals surface area contributed by atoms with Crippen LogP contribution in [-0.4, -0.2) is 21.2 Å². The maximum Gasteiger partial charge on any atom is 0.240 e. The average Bonchev–Trinajstić information content (AvgIpc) is 2.54. The lowest BCUT2D eigenvalue weighted by atomic mass is 10.1. The van der Waals surface area contributed by atoms with E-state index in [9.17, 15) is 13.2 Å². The van der Waals surface area contributed by atoms with Crippen LogP contribution in [0.15, 0.2) is 64.0 Å². The van der Waals surface area contributed by atoms with E-state index in [1.165, 1.54) is 37.4 Å². The highest BCUT2D eigenvalue weighted by molar-refractivity contribution is 9.10. The van der Waals surface area contributed by atoms with Gasteiger partial charge in [-0.1, -0.05) is 34.1 Å². The topological polar surface area (TPSA) is 63.2 Å². The Labute approximate surface area is 138 Å². The van der Waals surface area contributed by atoms with Crippen molar-refractivity contribution in [3.8, 4) is 0 Å². The van der Waals surface area contributed by atoms with E-state index >= 15 is 0 Å². The Kier molecular flexibility index (Phi) is 5.28. The number of benzene rings is 2. The molecule has 0 bridgehead atoms. The summed E-state index contributed by atoms with van der Waals surface area (Å²) in [7, 11) is -2.14. The van der Waals surface area contributed by atoms with Gasteiger partial charge < -0.3 is 0 Å². The summed E-state index contributed by atoms with van der Waals surface area (Å²) >= 11 is 3.35. The quantitative estimate of drug-likeness (QED) is 0.640. The lowest BCUT2D eigenvalue weighted by Crippen LogP contribution is -2.18. The number of hydrogen-bond acceptors (Lipinski definition) is 3. The van der Waals surface area contributed by atoms with Gasteiger partial charge in [-0.2, -0.15) is 0 Å². The number of hydrogen-bond donors (Lipinski definition) is 1. The van der Waals surface area contributed by atoms with Gasteiger partial charge in [0.2, 0.25) is 10.0 Å². The Hall–Kier alpha value is -1.76. The number of rotatable bonds is 5. The monoisotopic (exact) mass is 379 g/mol. The van der Waals surface area contributed by atoms with Crippen molar-refractivity contribution in [2.45, 2.75) is 4.90 Å². The molecular formula is C16H14BrNO3S. The number of carbonyl (C=O) groups excluding carboxylic acids is 1. The average molecular weight is 380 g/mol. The van der Waals surface area contributed by atoms with Crippen LogP contribution in [0.5, 0.6) is 0 Å². The lowest BCUT2D eigenvalue weighted by molar-refractivity contribution is 0.104. The van der Waals surface area contributed by atoms with E-state index in [-0.39, 0.29) is 10.7 Å². The van der Waals surface area contributed by atoms with E-state index in [0.29, 0.717) is 5.56 Å². The summed E-state index contributed by atoms with van der Waals surface area (Å²) in [6.07, 6.45) is 3.18. The predicted octanol–water partition coefficient (Wildman–Crippen LogP) is 3.25. The molecule has 2 aromatic carbocycles. The van der Waals surface area contributed by atoms with E-state index < -0.39 is 10.0 Å². The molecule has 0 unspecified atom stereocenters. The molecule has 0 spiro atoms. The van der Waals surface area contributed by atoms with Crippen LogP contribution in [0.4, 0.5) is 0 Å². The highest BCUT2D eigenvalue weighted by Gasteiger charge is 2.11. The van der Waals surface area contributed by atoms with Crippen molar-refractivity contribution in [3.63, 3.8) is 0 Å². The second-order valence-corrected chi connectivity index (χ2v) is 7.28. The molecule has 2 rings (SSSR count). The Bertz CT molecular complexity index is 794. The van der Waals surface area contributed by atoms with Crippen LogP contribution in [0.2, 0.25) is 0 Å². The molecule has 4 nitrogen and oxygen atoms in total. The van der Waals surface area contributed by atoms with E-state index in [1.807, 2.05) is 24.3 Å². The van der Waals surface area contributed by atoms with Gasteiger partial charge in [-0.05, 0) is 55.1 Å². The summed E-state index contributed by atoms with van der Waals surface area (Å²) in [6.45, 7) is 0. The Morgan fingerprint density at radius 3 is 2.18 bits per heavy atom. The zero-order valence-electron chi connectivity index (χ0n) is 11.8. The molecule has 0 heterocycles. The molecule has 0 aromatic heterocycles. The first kappa shape index (κ1) is 16.6. The van der Waals surface area contributed by atoms with Crippen molar-refractivity contribution in [3.05, 3.63) is 70.2 Å². The van der Waals surface area contributed by atoms with E-state index in [2.05, 4.69) is 20.7 Å². The summed E-state index contributed by atoms with van der Waals surface area (Å²) in [4.78, 5) is 12.2. The molecule has 0 fully saturated rings. The summed E-state index contributed by atoms with van der Waals surface area (Å²) < 4.78 is 26.4. The summed E-state index contributed by atoms with van der Waals surface area (Å²) in [6, 6.07) is 13.4. The Balaban J connectivity index is 2.15. The molecule has 1 N–H and O–H groups in total. The van der Waals surface area contributed by atoms with Crippen molar-refractivity contribution < 1.29 is 13.2 Å². The largest absolute Gasteiger partial charge is 0.289 e. The highest BCUT2D eigenvalue weighted by Crippen LogP contribution is 2.13. The van der Waals surface area contributed by atoms with Gasteiger partial charge in [0, 0.05) is 10.0 Å². The van der Waals surface area contributed by atoms with Crippen molar-refractivity contribution in [1.82, 2.24) is 4.72 Å². The number of nitrogens with one attached hydrogen (secondary N) is 1. The van der Waals surface area contributed by atoms with E-state index in [0.717, 1.165) is 10.0 Å². The molecule has 0 aliphatic heterocycles. The molecular weight excluding hydrogens is 366 g/mol. The zero-order chi connectivity index (χ0) is 16.2. The summed E-state index contributed by atoms with van der Waals surface area (Å²) in [5.41, 5.74) is 1.34. The zero-order valence-corrected chi connectivity index (χ0v) is 14.2. The van der Waals surface area contributed by atoms with Crippen molar-refractivity contribution in [1.29, 1.82) is 0 Å². The number of sulfonamides is 1. The molecule has 0 aliphatic rings. The highest BCUT2D eigenvalue weighted by atomic mass is 79.9. The maximum atomic E-state index is 12.1. The minimum atomic E-state index is -3.48. The molecule has 0 aliphatic carbocycles. The molecule has 0 saturated carbocycles. The van der Waals surface area contributed by atoms with E-state index in [1.54, 1.807) is 6.08 Å². The van der Waals surface area contributed by atoms with Gasteiger partial charge in [0.15, 0.2) is 5.78 Å². The third kappa shape index (κ3) is 4.13. The molecule has 22 heavy (non-hydrogen) atoms. The number of halogens is 1. The van der Waals surface area contributed by atoms with Gasteiger partial charge in [0.1, 0.15) is 0 Å². The Morgan fingerprint density at radius 1 is 1.05 bits per heavy atom. The predicted molar refractivity (Wildman–Crippen MR) is 90.2 cm³/mol. The van der Waals surface area contributed by atoms with Crippen molar-refractivity contribution in [2.75, 3.05) is 7.05 Å². The first-order valence-electron chi connectivity index (χ1n) is 6.44. The van der Waals surface area contributed by atoms with Crippen LogP contribution >= 0.6 is 15.9 Å². The first-order chi connectivity index (χ1) is 10.4. The van der Waals surface area contributed by atoms with Gasteiger partial charge >= 0.3 is 0 Å². The number of carbonyl (C=O) groups is 1. The van der Waals surface area contributed by atoms with Crippen molar-refractivity contribution >= 4 is 37.8 Å². The third-order valence-electron chi connectivity index (χ3n) is 3.02. The molecule has 0 radical (unpaired) electrons. The molecule has 0 saturated heterocycles. The minimum Gasteiger partial charge on any atom is -0.289 e. The van der Waals surface area contributed by atoms with Gasteiger partial charge in [-0.3, -0.25) is 4.79 Å². The van der Waals surface area contributed by atoms with Gasteiger partial charge in [0.05, 0.1) is 4.90 Å². The van der Waals surface area contributed by atoms with Crippen LogP contribution < -0.4 is 4.72 Å². The summed E-state index contributed by atoms with van der Waals surface area (Å²) in [5, 5.41) is 0. The van der Waals surface area contributed by atoms with Gasteiger partial charge in [-0.25, -0.2) is 13.1 Å². The van der Waals surface area contributed by atoms with Crippen LogP contribution in [0.1, 0.15) is 15.9 Å². The fraction of sp³-hybridized carbons (Fsp3) is 0.0625. The minimum absolute atomic E-state index is 0.128. The van der Waals surface area contributed by atoms with E-state index in [4.69, 9.17) is 0 Å². The maximum absolute atomic E-state index is 12.1. The molecule has 2 aromatic rings. The molecule has 6 heteroatoms. The second-order valence-electron chi connectivity index (χ2n) is 4.48. The smallest absolute Gasteiger partial charge is 0.240 e. The van der Waals surface area contributed by atoms with Crippen LogP contribution in [0.3, 0.4) is 0 Å². The second kappa shape index (κ2) is 7.00. The molecule has 0 atom stereocenters. The standard InChI is InChI=1S/C16H14BrNO3S/c1-18-22(20,21)15-9-5-13(6-10-15)16(19)11-4-12-2-7-14(17)8-3-12/h2-11,18H,1H3/b11-4+. The lowest BCUT2D eigenvalue weighted by Gasteiger charge is -2.02. The van der Waals surface area contributed by atoms with Crippen LogP contribution in [-0.2, 0) is 10.0 Å². The van der Waals surface area contributed by atoms with Crippen molar-refractivity contribution in [2.24, 2.45) is 0 Å².